The van der Waals surface area contributed by atoms with Crippen LogP contribution in [0.3, 0.4) is 0 Å². The highest BCUT2D eigenvalue weighted by Gasteiger charge is 2.27. The molecule has 1 aromatic rings. The molecule has 3 N–H and O–H groups in total. The number of aromatic nitrogens is 2. The first-order valence-electron chi connectivity index (χ1n) is 6.89. The average molecular weight is 302 g/mol. The van der Waals surface area contributed by atoms with Gasteiger partial charge < -0.3 is 10.1 Å². The highest BCUT2D eigenvalue weighted by molar-refractivity contribution is 7.89. The van der Waals surface area contributed by atoms with Crippen molar-refractivity contribution in [3.63, 3.8) is 0 Å². The van der Waals surface area contributed by atoms with E-state index in [1.807, 2.05) is 6.92 Å². The molecule has 0 bridgehead atoms. The van der Waals surface area contributed by atoms with Crippen LogP contribution in [0.15, 0.2) is 4.90 Å². The van der Waals surface area contributed by atoms with E-state index in [9.17, 15) is 8.42 Å². The van der Waals surface area contributed by atoms with E-state index in [0.29, 0.717) is 31.1 Å². The Kier molecular flexibility index (Phi) is 5.14. The summed E-state index contributed by atoms with van der Waals surface area (Å²) in [5.41, 5.74) is 1.08. The lowest BCUT2D eigenvalue weighted by molar-refractivity contribution is 0.0774. The normalized spacial score (nSPS) is 20.2. The second-order valence-corrected chi connectivity index (χ2v) is 6.59. The van der Waals surface area contributed by atoms with Crippen molar-refractivity contribution in [2.75, 3.05) is 19.8 Å². The van der Waals surface area contributed by atoms with Gasteiger partial charge in [0.05, 0.1) is 18.0 Å². The molecule has 20 heavy (non-hydrogen) atoms. The standard InChI is InChI=1S/C12H22N4O3S/c1-3-13-7-11-12(9(2)14-15-11)20(17,18)16-10-5-4-6-19-8-10/h10,13,16H,3-8H2,1-2H3,(H,14,15). The number of hydrogen-bond acceptors (Lipinski definition) is 5. The zero-order chi connectivity index (χ0) is 14.6. The summed E-state index contributed by atoms with van der Waals surface area (Å²) in [7, 11) is -3.57. The molecule has 1 unspecified atom stereocenters. The molecule has 1 aromatic heterocycles. The Balaban J connectivity index is 2.17. The van der Waals surface area contributed by atoms with Gasteiger partial charge in [-0.25, -0.2) is 13.1 Å². The summed E-state index contributed by atoms with van der Waals surface area (Å²) < 4.78 is 33.0. The molecule has 0 saturated carbocycles. The minimum Gasteiger partial charge on any atom is -0.380 e. The van der Waals surface area contributed by atoms with Crippen molar-refractivity contribution in [2.24, 2.45) is 0 Å². The summed E-state index contributed by atoms with van der Waals surface area (Å²) in [6, 6.07) is -0.157. The fourth-order valence-corrected chi connectivity index (χ4v) is 3.92. The summed E-state index contributed by atoms with van der Waals surface area (Å²) in [5, 5.41) is 9.92. The third kappa shape index (κ3) is 3.57. The Bertz CT molecular complexity index is 535. The minimum atomic E-state index is -3.57. The van der Waals surface area contributed by atoms with Gasteiger partial charge in [-0.05, 0) is 26.3 Å². The predicted octanol–water partition coefficient (Wildman–Crippen LogP) is 0.285. The van der Waals surface area contributed by atoms with E-state index in [1.54, 1.807) is 6.92 Å². The third-order valence-electron chi connectivity index (χ3n) is 3.25. The van der Waals surface area contributed by atoms with Crippen LogP contribution < -0.4 is 10.0 Å². The maximum absolute atomic E-state index is 12.5. The van der Waals surface area contributed by atoms with E-state index in [4.69, 9.17) is 4.74 Å². The number of ether oxygens (including phenoxy) is 1. The highest BCUT2D eigenvalue weighted by Crippen LogP contribution is 2.19. The zero-order valence-electron chi connectivity index (χ0n) is 11.9. The van der Waals surface area contributed by atoms with Crippen LogP contribution in [0.5, 0.6) is 0 Å². The zero-order valence-corrected chi connectivity index (χ0v) is 12.7. The fraction of sp³-hybridized carbons (Fsp3) is 0.750. The molecule has 1 saturated heterocycles. The molecule has 0 amide bonds. The van der Waals surface area contributed by atoms with E-state index in [2.05, 4.69) is 20.2 Å². The molecule has 1 aliphatic heterocycles. The second kappa shape index (κ2) is 6.66. The van der Waals surface area contributed by atoms with Crippen LogP contribution in [-0.4, -0.2) is 44.4 Å². The van der Waals surface area contributed by atoms with Crippen LogP contribution in [0.25, 0.3) is 0 Å². The number of rotatable bonds is 6. The fourth-order valence-electron chi connectivity index (χ4n) is 2.30. The molecule has 2 heterocycles. The molecule has 114 valence electrons. The molecule has 7 nitrogen and oxygen atoms in total. The number of H-pyrrole nitrogens is 1. The Morgan fingerprint density at radius 2 is 2.30 bits per heavy atom. The molecule has 1 fully saturated rings. The Morgan fingerprint density at radius 1 is 1.50 bits per heavy atom. The first-order valence-corrected chi connectivity index (χ1v) is 8.37. The van der Waals surface area contributed by atoms with Crippen LogP contribution in [-0.2, 0) is 21.3 Å². The number of sulfonamides is 1. The van der Waals surface area contributed by atoms with Crippen molar-refractivity contribution in [1.29, 1.82) is 0 Å². The van der Waals surface area contributed by atoms with Crippen LogP contribution >= 0.6 is 0 Å². The van der Waals surface area contributed by atoms with Gasteiger partial charge >= 0.3 is 0 Å². The summed E-state index contributed by atoms with van der Waals surface area (Å²) in [5.74, 6) is 0. The van der Waals surface area contributed by atoms with Crippen molar-refractivity contribution >= 4 is 10.0 Å². The molecule has 2 rings (SSSR count). The van der Waals surface area contributed by atoms with Gasteiger partial charge in [0, 0.05) is 19.2 Å². The smallest absolute Gasteiger partial charge is 0.244 e. The Morgan fingerprint density at radius 3 is 2.95 bits per heavy atom. The number of aromatic amines is 1. The summed E-state index contributed by atoms with van der Waals surface area (Å²) >= 11 is 0. The molecule has 1 atom stereocenters. The molecule has 0 spiro atoms. The van der Waals surface area contributed by atoms with Crippen LogP contribution in [0.1, 0.15) is 31.2 Å². The second-order valence-electron chi connectivity index (χ2n) is 4.94. The van der Waals surface area contributed by atoms with Gasteiger partial charge in [0.15, 0.2) is 0 Å². The largest absolute Gasteiger partial charge is 0.380 e. The van der Waals surface area contributed by atoms with E-state index in [1.165, 1.54) is 0 Å². The van der Waals surface area contributed by atoms with Gasteiger partial charge in [-0.1, -0.05) is 6.92 Å². The summed E-state index contributed by atoms with van der Waals surface area (Å²) in [6.07, 6.45) is 1.68. The Hall–Kier alpha value is -0.960. The number of aryl methyl sites for hydroxylation is 1. The number of nitrogens with one attached hydrogen (secondary N) is 3. The molecule has 0 aromatic carbocycles. The molecule has 0 radical (unpaired) electrons. The van der Waals surface area contributed by atoms with E-state index >= 15 is 0 Å². The Labute approximate surface area is 119 Å². The minimum absolute atomic E-state index is 0.157. The summed E-state index contributed by atoms with van der Waals surface area (Å²) in [4.78, 5) is 0.254. The van der Waals surface area contributed by atoms with Crippen molar-refractivity contribution in [3.05, 3.63) is 11.4 Å². The lowest BCUT2D eigenvalue weighted by atomic mass is 10.1. The van der Waals surface area contributed by atoms with Gasteiger partial charge in [-0.15, -0.1) is 0 Å². The first-order chi connectivity index (χ1) is 9.54. The van der Waals surface area contributed by atoms with Gasteiger partial charge in [-0.3, -0.25) is 5.10 Å². The van der Waals surface area contributed by atoms with E-state index in [-0.39, 0.29) is 10.9 Å². The van der Waals surface area contributed by atoms with Crippen molar-refractivity contribution in [3.8, 4) is 0 Å². The highest BCUT2D eigenvalue weighted by atomic mass is 32.2. The third-order valence-corrected chi connectivity index (χ3v) is 4.98. The number of hydrogen-bond donors (Lipinski definition) is 3. The summed E-state index contributed by atoms with van der Waals surface area (Å²) in [6.45, 7) is 6.00. The SMILES string of the molecule is CCNCc1n[nH]c(C)c1S(=O)(=O)NC1CCCOC1. The van der Waals surface area contributed by atoms with Gasteiger partial charge in [0.25, 0.3) is 0 Å². The van der Waals surface area contributed by atoms with Crippen molar-refractivity contribution in [2.45, 2.75) is 44.2 Å². The van der Waals surface area contributed by atoms with Gasteiger partial charge in [0.1, 0.15) is 4.90 Å². The van der Waals surface area contributed by atoms with Gasteiger partial charge in [-0.2, -0.15) is 5.10 Å². The van der Waals surface area contributed by atoms with Crippen molar-refractivity contribution < 1.29 is 13.2 Å². The first kappa shape index (κ1) is 15.4. The van der Waals surface area contributed by atoms with Crippen molar-refractivity contribution in [1.82, 2.24) is 20.2 Å². The maximum atomic E-state index is 12.5. The van der Waals surface area contributed by atoms with Crippen LogP contribution in [0, 0.1) is 6.92 Å². The maximum Gasteiger partial charge on any atom is 0.244 e. The molecule has 0 aliphatic carbocycles. The average Bonchev–Trinajstić information content (AvgIpc) is 2.79. The monoisotopic (exact) mass is 302 g/mol. The molecular weight excluding hydrogens is 280 g/mol. The van der Waals surface area contributed by atoms with E-state index in [0.717, 1.165) is 19.4 Å². The topological polar surface area (TPSA) is 96.1 Å². The van der Waals surface area contributed by atoms with Crippen LogP contribution in [0.4, 0.5) is 0 Å². The predicted molar refractivity (Wildman–Crippen MR) is 74.9 cm³/mol. The quantitative estimate of drug-likeness (QED) is 0.701. The number of nitrogens with zero attached hydrogens (tertiary/aromatic N) is 1. The lowest BCUT2D eigenvalue weighted by Gasteiger charge is -2.23. The van der Waals surface area contributed by atoms with Gasteiger partial charge in [0.2, 0.25) is 10.0 Å². The molecule has 8 heteroatoms. The molecular formula is C12H22N4O3S. The van der Waals surface area contributed by atoms with E-state index < -0.39 is 10.0 Å². The lowest BCUT2D eigenvalue weighted by Crippen LogP contribution is -2.41. The molecule has 1 aliphatic rings. The van der Waals surface area contributed by atoms with Crippen LogP contribution in [0.2, 0.25) is 0 Å².